The quantitative estimate of drug-likeness (QED) is 0.325. The van der Waals surface area contributed by atoms with Crippen LogP contribution in [-0.2, 0) is 9.59 Å². The Bertz CT molecular complexity index is 1750. The summed E-state index contributed by atoms with van der Waals surface area (Å²) in [6.07, 6.45) is 7.28. The number of nitrogen functional groups attached to an aromatic ring is 1. The predicted molar refractivity (Wildman–Crippen MR) is 160 cm³/mol. The maximum atomic E-state index is 15.7. The van der Waals surface area contributed by atoms with E-state index < -0.39 is 34.1 Å². The second-order valence-electron chi connectivity index (χ2n) is 12.1. The highest BCUT2D eigenvalue weighted by Crippen LogP contribution is 2.44. The minimum Gasteiger partial charge on any atom is -0.382 e. The number of hydrogen-bond donors (Lipinski definition) is 2. The van der Waals surface area contributed by atoms with Gasteiger partial charge >= 0.3 is 0 Å². The molecule has 1 saturated carbocycles. The van der Waals surface area contributed by atoms with Crippen molar-refractivity contribution in [3.63, 3.8) is 0 Å². The fraction of sp³-hybridized carbons (Fsp3) is 0.346. The van der Waals surface area contributed by atoms with E-state index in [1.54, 1.807) is 52.4 Å². The van der Waals surface area contributed by atoms with Crippen LogP contribution in [0.2, 0.25) is 0 Å². The molecule has 4 aromatic rings. The maximum absolute atomic E-state index is 15.7. The molecular weight excluding hydrogens is 524 g/mol. The molecule has 1 aliphatic heterocycles. The number of anilines is 2. The summed E-state index contributed by atoms with van der Waals surface area (Å²) in [5.41, 5.74) is 6.37. The molecule has 0 spiro atoms. The third kappa shape index (κ3) is 3.82. The lowest BCUT2D eigenvalue weighted by molar-refractivity contribution is -0.174. The van der Waals surface area contributed by atoms with Gasteiger partial charge in [0, 0.05) is 35.1 Å². The molecule has 1 unspecified atom stereocenters. The Kier molecular flexibility index (Phi) is 5.73. The molecule has 2 amide bonds. The number of aromatic nitrogens is 5. The Morgan fingerprint density at radius 2 is 1.85 bits per heavy atom. The second-order valence-corrected chi connectivity index (χ2v) is 12.1. The van der Waals surface area contributed by atoms with Gasteiger partial charge < -0.3 is 20.6 Å². The Morgan fingerprint density at radius 1 is 1.15 bits per heavy atom. The molecule has 0 bridgehead atoms. The van der Waals surface area contributed by atoms with Crippen LogP contribution < -0.4 is 10.6 Å². The van der Waals surface area contributed by atoms with Crippen LogP contribution in [0.15, 0.2) is 43.0 Å². The number of nitrogens with two attached hydrogens (primary N) is 1. The molecule has 1 atom stereocenters. The van der Waals surface area contributed by atoms with Crippen molar-refractivity contribution in [3.05, 3.63) is 48.8 Å². The van der Waals surface area contributed by atoms with Gasteiger partial charge in [-0.2, -0.15) is 10.2 Å². The number of carbonyl (C=O) groups excluding carboxylic acids is 2. The Hall–Kier alpha value is -4.13. The summed E-state index contributed by atoms with van der Waals surface area (Å²) in [6, 6.07) is 6.73. The van der Waals surface area contributed by atoms with Crippen molar-refractivity contribution in [3.8, 4) is 22.4 Å². The van der Waals surface area contributed by atoms with Gasteiger partial charge in [0.15, 0.2) is 13.7 Å². The second kappa shape index (κ2) is 8.69. The van der Waals surface area contributed by atoms with Crippen molar-refractivity contribution in [2.75, 3.05) is 10.6 Å². The highest BCUT2D eigenvalue weighted by molar-refractivity contribution is 6.49. The Morgan fingerprint density at radius 3 is 2.51 bits per heavy atom. The number of fused-ring (bicyclic) bond motifs is 1. The summed E-state index contributed by atoms with van der Waals surface area (Å²) < 4.78 is 19.2. The van der Waals surface area contributed by atoms with Crippen molar-refractivity contribution in [2.24, 2.45) is 0 Å². The first kappa shape index (κ1) is 27.1. The molecule has 2 fully saturated rings. The number of piperazine rings is 1. The molecule has 6 rings (SSSR count). The first-order valence-electron chi connectivity index (χ1n) is 13.5. The van der Waals surface area contributed by atoms with Gasteiger partial charge in [0.25, 0.3) is 5.91 Å². The zero-order chi connectivity index (χ0) is 29.6. The van der Waals surface area contributed by atoms with Crippen LogP contribution in [0.1, 0.15) is 39.7 Å². The minimum absolute atomic E-state index is 0.0332. The molecule has 15 heteroatoms. The van der Waals surface area contributed by atoms with Crippen LogP contribution >= 0.6 is 0 Å². The summed E-state index contributed by atoms with van der Waals surface area (Å²) in [7, 11) is 4.68. The monoisotopic (exact) mass is 554 g/mol. The van der Waals surface area contributed by atoms with E-state index in [0.29, 0.717) is 22.8 Å². The SMILES string of the molecule is BC1(B)N(c2cc(-c3cc(-c4cnn(C5CC5)c4)c4c(N)ncnn34)ccc2F)C(=O)C(C)(C)N(C(C)=O)C1(B)O. The molecule has 0 radical (unpaired) electrons. The highest BCUT2D eigenvalue weighted by Gasteiger charge is 2.62. The lowest BCUT2D eigenvalue weighted by Gasteiger charge is -2.63. The lowest BCUT2D eigenvalue weighted by Crippen LogP contribution is -2.85. The third-order valence-corrected chi connectivity index (χ3v) is 8.65. The average molecular weight is 554 g/mol. The number of benzene rings is 1. The zero-order valence-corrected chi connectivity index (χ0v) is 23.9. The van der Waals surface area contributed by atoms with Gasteiger partial charge in [0.2, 0.25) is 5.91 Å². The van der Waals surface area contributed by atoms with Crippen molar-refractivity contribution >= 4 is 52.4 Å². The number of carbonyl (C=O) groups is 2. The first-order chi connectivity index (χ1) is 19.2. The fourth-order valence-electron chi connectivity index (χ4n) is 6.12. The van der Waals surface area contributed by atoms with E-state index in [0.717, 1.165) is 28.9 Å². The van der Waals surface area contributed by atoms with Crippen molar-refractivity contribution in [2.45, 2.75) is 56.2 Å². The van der Waals surface area contributed by atoms with Crippen LogP contribution in [0.25, 0.3) is 27.9 Å². The van der Waals surface area contributed by atoms with Crippen LogP contribution in [0.3, 0.4) is 0 Å². The molecule has 11 nitrogen and oxygen atoms in total. The molecule has 3 N–H and O–H groups in total. The molecule has 1 aromatic carbocycles. The van der Waals surface area contributed by atoms with E-state index in [4.69, 9.17) is 5.73 Å². The molecule has 4 heterocycles. The first-order valence-corrected chi connectivity index (χ1v) is 13.5. The van der Waals surface area contributed by atoms with E-state index in [2.05, 4.69) is 15.2 Å². The van der Waals surface area contributed by atoms with Crippen LogP contribution in [0.4, 0.5) is 15.9 Å². The van der Waals surface area contributed by atoms with Crippen LogP contribution in [0, 0.1) is 5.82 Å². The normalized spacial score (nSPS) is 21.9. The summed E-state index contributed by atoms with van der Waals surface area (Å²) in [4.78, 5) is 33.2. The number of amides is 2. The van der Waals surface area contributed by atoms with Gasteiger partial charge in [-0.1, -0.05) is 0 Å². The molecule has 2 aliphatic rings. The zero-order valence-electron chi connectivity index (χ0n) is 23.9. The molecule has 41 heavy (non-hydrogen) atoms. The number of rotatable bonds is 4. The lowest BCUT2D eigenvalue weighted by atomic mass is 9.46. The van der Waals surface area contributed by atoms with Gasteiger partial charge in [0.05, 0.1) is 23.6 Å². The van der Waals surface area contributed by atoms with Gasteiger partial charge in [-0.15, -0.1) is 0 Å². The van der Waals surface area contributed by atoms with Gasteiger partial charge in [-0.05, 0) is 51.0 Å². The molecule has 1 aliphatic carbocycles. The summed E-state index contributed by atoms with van der Waals surface area (Å²) in [5, 5.41) is 19.2. The molecule has 208 valence electrons. The topological polar surface area (TPSA) is 135 Å². The van der Waals surface area contributed by atoms with Crippen molar-refractivity contribution in [1.29, 1.82) is 0 Å². The molecule has 1 saturated heterocycles. The summed E-state index contributed by atoms with van der Waals surface area (Å²) in [6.45, 7) is 4.39. The molecule has 3 aromatic heterocycles. The van der Waals surface area contributed by atoms with Gasteiger partial charge in [0.1, 0.15) is 44.5 Å². The van der Waals surface area contributed by atoms with Crippen LogP contribution in [0.5, 0.6) is 0 Å². The number of nitrogens with zero attached hydrogens (tertiary/aromatic N) is 7. The standard InChI is InChI=1S/C26H30B3FN8O3/c1-13(39)38-24(2,3)23(40)36(25(27,28)26(38,29)41)20-8-14(4-7-18(20)30)19-9-17(21-22(31)32-12-34-37(19)21)15-10-33-35(11-15)16-5-6-16/h4,7-12,16,41H,5-6,27-29H2,1-3H3,(H2,31,32,34). The van der Waals surface area contributed by atoms with E-state index in [-0.39, 0.29) is 11.5 Å². The van der Waals surface area contributed by atoms with E-state index in [1.807, 2.05) is 16.9 Å². The number of halogens is 1. The highest BCUT2D eigenvalue weighted by atomic mass is 19.1. The Balaban J connectivity index is 1.52. The fourth-order valence-corrected chi connectivity index (χ4v) is 6.12. The minimum atomic E-state index is -1.82. The number of aliphatic hydroxyl groups is 1. The van der Waals surface area contributed by atoms with Crippen LogP contribution in [-0.4, -0.2) is 86.2 Å². The third-order valence-electron chi connectivity index (χ3n) is 8.65. The van der Waals surface area contributed by atoms with E-state index >= 15 is 4.39 Å². The average Bonchev–Trinajstić information content (AvgIpc) is 3.48. The van der Waals surface area contributed by atoms with Crippen molar-refractivity contribution < 1.29 is 19.1 Å². The summed E-state index contributed by atoms with van der Waals surface area (Å²) in [5.74, 6) is -1.37. The number of hydrogen-bond acceptors (Lipinski definition) is 7. The van der Waals surface area contributed by atoms with E-state index in [9.17, 15) is 14.7 Å². The van der Waals surface area contributed by atoms with E-state index in [1.165, 1.54) is 32.1 Å². The largest absolute Gasteiger partial charge is 0.382 e. The predicted octanol–water partition coefficient (Wildman–Crippen LogP) is -0.511. The van der Waals surface area contributed by atoms with Gasteiger partial charge in [-0.3, -0.25) is 14.3 Å². The Labute approximate surface area is 238 Å². The smallest absolute Gasteiger partial charge is 0.251 e. The van der Waals surface area contributed by atoms with Crippen molar-refractivity contribution in [1.82, 2.24) is 29.3 Å². The summed E-state index contributed by atoms with van der Waals surface area (Å²) >= 11 is 0. The molecular formula is C26H30B3FN8O3. The maximum Gasteiger partial charge on any atom is 0.251 e. The van der Waals surface area contributed by atoms with Gasteiger partial charge in [-0.25, -0.2) is 13.9 Å².